The van der Waals surface area contributed by atoms with E-state index in [-0.39, 0.29) is 30.2 Å². The van der Waals surface area contributed by atoms with Crippen molar-refractivity contribution < 1.29 is 14.4 Å². The molecule has 4 rings (SSSR count). The van der Waals surface area contributed by atoms with Crippen molar-refractivity contribution in [3.8, 4) is 0 Å². The molecule has 1 aliphatic carbocycles. The van der Waals surface area contributed by atoms with Crippen LogP contribution in [-0.2, 0) is 9.59 Å². The first-order chi connectivity index (χ1) is 15.3. The lowest BCUT2D eigenvalue weighted by atomic mass is 10.0. The lowest BCUT2D eigenvalue weighted by Gasteiger charge is -2.32. The number of carbonyl (C=O) groups is 3. The van der Waals surface area contributed by atoms with Gasteiger partial charge in [-0.15, -0.1) is 0 Å². The summed E-state index contributed by atoms with van der Waals surface area (Å²) in [7, 11) is 0. The van der Waals surface area contributed by atoms with Crippen LogP contribution in [0.15, 0.2) is 29.3 Å². The minimum Gasteiger partial charge on any atom is -0.351 e. The maximum atomic E-state index is 13.1. The van der Waals surface area contributed by atoms with E-state index >= 15 is 0 Å². The summed E-state index contributed by atoms with van der Waals surface area (Å²) in [6.45, 7) is 8.24. The second-order valence-corrected chi connectivity index (χ2v) is 10.5. The summed E-state index contributed by atoms with van der Waals surface area (Å²) in [5.41, 5.74) is 1.25. The second kappa shape index (κ2) is 9.65. The Balaban J connectivity index is 1.32. The van der Waals surface area contributed by atoms with E-state index in [0.717, 1.165) is 43.9 Å². The first kappa shape index (κ1) is 22.8. The highest BCUT2D eigenvalue weighted by atomic mass is 32.2. The average molecular weight is 457 g/mol. The molecule has 7 nitrogen and oxygen atoms in total. The Morgan fingerprint density at radius 3 is 2.41 bits per heavy atom. The van der Waals surface area contributed by atoms with Crippen LogP contribution in [0.3, 0.4) is 0 Å². The van der Waals surface area contributed by atoms with E-state index in [1.165, 1.54) is 11.8 Å². The molecule has 0 aromatic heterocycles. The molecule has 2 fully saturated rings. The Kier molecular flexibility index (Phi) is 6.88. The van der Waals surface area contributed by atoms with Crippen molar-refractivity contribution in [2.75, 3.05) is 18.4 Å². The smallest absolute Gasteiger partial charge is 0.262 e. The Hall–Kier alpha value is -2.35. The van der Waals surface area contributed by atoms with Gasteiger partial charge in [0, 0.05) is 42.8 Å². The summed E-state index contributed by atoms with van der Waals surface area (Å²) in [5, 5.41) is 3.14. The number of thioether (sulfide) groups is 1. The number of amides is 3. The third-order valence-electron chi connectivity index (χ3n) is 6.47. The van der Waals surface area contributed by atoms with Crippen LogP contribution in [0.1, 0.15) is 63.2 Å². The summed E-state index contributed by atoms with van der Waals surface area (Å²) >= 11 is 1.39. The van der Waals surface area contributed by atoms with E-state index < -0.39 is 5.25 Å². The summed E-state index contributed by atoms with van der Waals surface area (Å²) in [5.74, 6) is -0.0105. The molecule has 2 atom stereocenters. The normalized spacial score (nSPS) is 21.6. The van der Waals surface area contributed by atoms with Crippen LogP contribution in [0.25, 0.3) is 0 Å². The van der Waals surface area contributed by atoms with Gasteiger partial charge in [-0.3, -0.25) is 14.4 Å². The standard InChI is InChI=1S/C24H32N4O3S/c1-15(2)16(3)28(19-10-11-19)23(31)17-6-8-18(9-7-17)25-21(29)14-20-22(30)26-24(32-20)27-12-4-5-13-27/h6-9,15-16,19-20H,4-5,10-14H2,1-3H3,(H,25,29). The molecule has 1 saturated carbocycles. The highest BCUT2D eigenvalue weighted by Gasteiger charge is 2.37. The summed E-state index contributed by atoms with van der Waals surface area (Å²) in [6, 6.07) is 7.57. The minimum atomic E-state index is -0.462. The predicted molar refractivity (Wildman–Crippen MR) is 128 cm³/mol. The number of carbonyl (C=O) groups excluding carboxylic acids is 3. The minimum absolute atomic E-state index is 0.0473. The Labute approximate surface area is 194 Å². The largest absolute Gasteiger partial charge is 0.351 e. The second-order valence-electron chi connectivity index (χ2n) is 9.29. The van der Waals surface area contributed by atoms with E-state index in [4.69, 9.17) is 0 Å². The van der Waals surface area contributed by atoms with Gasteiger partial charge in [0.25, 0.3) is 11.8 Å². The van der Waals surface area contributed by atoms with Crippen molar-refractivity contribution in [3.05, 3.63) is 29.8 Å². The molecule has 0 spiro atoms. The van der Waals surface area contributed by atoms with Gasteiger partial charge < -0.3 is 15.1 Å². The number of likely N-dealkylation sites (tertiary alicyclic amines) is 1. The molecule has 1 aromatic carbocycles. The topological polar surface area (TPSA) is 82.1 Å². The molecule has 0 bridgehead atoms. The third kappa shape index (κ3) is 5.17. The van der Waals surface area contributed by atoms with Gasteiger partial charge in [0.05, 0.1) is 0 Å². The van der Waals surface area contributed by atoms with Crippen LogP contribution in [-0.4, -0.2) is 63.1 Å². The summed E-state index contributed by atoms with van der Waals surface area (Å²) < 4.78 is 0. The molecule has 0 radical (unpaired) electrons. The molecular formula is C24H32N4O3S. The maximum absolute atomic E-state index is 13.1. The van der Waals surface area contributed by atoms with Gasteiger partial charge in [0.1, 0.15) is 5.25 Å². The number of rotatable bonds is 7. The molecule has 2 aliphatic heterocycles. The van der Waals surface area contributed by atoms with Crippen molar-refractivity contribution in [1.82, 2.24) is 9.80 Å². The zero-order valence-corrected chi connectivity index (χ0v) is 19.9. The molecule has 8 heteroatoms. The first-order valence-electron chi connectivity index (χ1n) is 11.6. The number of hydrogen-bond acceptors (Lipinski definition) is 5. The molecule has 2 heterocycles. The molecule has 172 valence electrons. The van der Waals surface area contributed by atoms with Gasteiger partial charge in [0.2, 0.25) is 5.91 Å². The van der Waals surface area contributed by atoms with E-state index in [0.29, 0.717) is 23.2 Å². The van der Waals surface area contributed by atoms with Gasteiger partial charge in [0.15, 0.2) is 5.17 Å². The van der Waals surface area contributed by atoms with E-state index in [9.17, 15) is 14.4 Å². The van der Waals surface area contributed by atoms with Gasteiger partial charge in [-0.1, -0.05) is 25.6 Å². The van der Waals surface area contributed by atoms with Gasteiger partial charge in [-0.05, 0) is 62.8 Å². The Bertz CT molecular complexity index is 904. The average Bonchev–Trinajstić information content (AvgIpc) is 3.30. The lowest BCUT2D eigenvalue weighted by Crippen LogP contribution is -2.43. The fourth-order valence-electron chi connectivity index (χ4n) is 4.14. The van der Waals surface area contributed by atoms with Gasteiger partial charge in [-0.25, -0.2) is 0 Å². The van der Waals surface area contributed by atoms with E-state index in [1.54, 1.807) is 24.3 Å². The molecule has 32 heavy (non-hydrogen) atoms. The summed E-state index contributed by atoms with van der Waals surface area (Å²) in [4.78, 5) is 46.1. The first-order valence-corrected chi connectivity index (χ1v) is 12.5. The van der Waals surface area contributed by atoms with Crippen LogP contribution < -0.4 is 5.32 Å². The Morgan fingerprint density at radius 2 is 1.81 bits per heavy atom. The van der Waals surface area contributed by atoms with Crippen molar-refractivity contribution in [2.45, 2.75) is 70.2 Å². The molecule has 3 amide bonds. The SMILES string of the molecule is CC(C)C(C)N(C(=O)c1ccc(NC(=O)CC2SC(N3CCCC3)=NC2=O)cc1)C1CC1. The lowest BCUT2D eigenvalue weighted by molar-refractivity contribution is -0.121. The van der Waals surface area contributed by atoms with Crippen molar-refractivity contribution in [1.29, 1.82) is 0 Å². The molecule has 1 N–H and O–H groups in total. The maximum Gasteiger partial charge on any atom is 0.262 e. The molecule has 3 aliphatic rings. The monoisotopic (exact) mass is 456 g/mol. The fourth-order valence-corrected chi connectivity index (χ4v) is 5.25. The van der Waals surface area contributed by atoms with Crippen LogP contribution in [0.2, 0.25) is 0 Å². The van der Waals surface area contributed by atoms with E-state index in [1.807, 2.05) is 4.90 Å². The molecular weight excluding hydrogens is 424 g/mol. The number of amidine groups is 1. The quantitative estimate of drug-likeness (QED) is 0.676. The Morgan fingerprint density at radius 1 is 1.16 bits per heavy atom. The van der Waals surface area contributed by atoms with Crippen molar-refractivity contribution in [3.63, 3.8) is 0 Å². The summed E-state index contributed by atoms with van der Waals surface area (Å²) in [6.07, 6.45) is 4.46. The molecule has 2 unspecified atom stereocenters. The van der Waals surface area contributed by atoms with Gasteiger partial charge >= 0.3 is 0 Å². The highest BCUT2D eigenvalue weighted by molar-refractivity contribution is 8.15. The van der Waals surface area contributed by atoms with Crippen LogP contribution in [0.4, 0.5) is 5.69 Å². The number of hydrogen-bond donors (Lipinski definition) is 1. The number of nitrogens with one attached hydrogen (secondary N) is 1. The van der Waals surface area contributed by atoms with Crippen LogP contribution in [0, 0.1) is 5.92 Å². The van der Waals surface area contributed by atoms with Crippen LogP contribution in [0.5, 0.6) is 0 Å². The van der Waals surface area contributed by atoms with E-state index in [2.05, 4.69) is 36.0 Å². The fraction of sp³-hybridized carbons (Fsp3) is 0.583. The number of anilines is 1. The number of nitrogens with zero attached hydrogens (tertiary/aromatic N) is 3. The van der Waals surface area contributed by atoms with Gasteiger partial charge in [-0.2, -0.15) is 4.99 Å². The van der Waals surface area contributed by atoms with Crippen molar-refractivity contribution >= 4 is 40.3 Å². The highest BCUT2D eigenvalue weighted by Crippen LogP contribution is 2.32. The van der Waals surface area contributed by atoms with Crippen LogP contribution >= 0.6 is 11.8 Å². The molecule has 1 aromatic rings. The molecule has 1 saturated heterocycles. The zero-order chi connectivity index (χ0) is 22.8. The third-order valence-corrected chi connectivity index (χ3v) is 7.68. The number of aliphatic imine (C=N–C) groups is 1. The van der Waals surface area contributed by atoms with Crippen molar-refractivity contribution in [2.24, 2.45) is 10.9 Å². The number of benzene rings is 1. The zero-order valence-electron chi connectivity index (χ0n) is 19.0. The predicted octanol–water partition coefficient (Wildman–Crippen LogP) is 3.76.